The predicted octanol–water partition coefficient (Wildman–Crippen LogP) is 3.68. The predicted molar refractivity (Wildman–Crippen MR) is 145 cm³/mol. The van der Waals surface area contributed by atoms with Crippen LogP contribution in [0.25, 0.3) is 0 Å². The van der Waals surface area contributed by atoms with E-state index in [1.807, 2.05) is 36.4 Å². The molecule has 2 atom stereocenters. The third-order valence-electron chi connectivity index (χ3n) is 6.63. The Hall–Kier alpha value is -4.27. The van der Waals surface area contributed by atoms with Crippen LogP contribution in [0.2, 0.25) is 0 Å². The minimum atomic E-state index is -1.88. The van der Waals surface area contributed by atoms with Crippen molar-refractivity contribution in [3.05, 3.63) is 108 Å². The summed E-state index contributed by atoms with van der Waals surface area (Å²) >= 11 is 0. The third kappa shape index (κ3) is 5.82. The molecule has 0 aliphatic carbocycles. The van der Waals surface area contributed by atoms with Crippen LogP contribution in [0.4, 0.5) is 11.4 Å². The van der Waals surface area contributed by atoms with Gasteiger partial charge in [-0.05, 0) is 35.9 Å². The zero-order chi connectivity index (χ0) is 27.1. The van der Waals surface area contributed by atoms with Crippen molar-refractivity contribution in [2.45, 2.75) is 25.5 Å². The molecule has 0 spiro atoms. The Morgan fingerprint density at radius 1 is 1.05 bits per heavy atom. The summed E-state index contributed by atoms with van der Waals surface area (Å²) < 4.78 is 0. The highest BCUT2D eigenvalue weighted by Crippen LogP contribution is 2.43. The molecule has 0 aromatic heterocycles. The first-order chi connectivity index (χ1) is 18.3. The second kappa shape index (κ2) is 11.9. The van der Waals surface area contributed by atoms with Crippen molar-refractivity contribution in [1.82, 2.24) is 4.90 Å². The van der Waals surface area contributed by atoms with Gasteiger partial charge in [-0.15, -0.1) is 0 Å². The Morgan fingerprint density at radius 3 is 2.42 bits per heavy atom. The summed E-state index contributed by atoms with van der Waals surface area (Å²) in [5.41, 5.74) is 0.819. The van der Waals surface area contributed by atoms with Crippen LogP contribution in [0.3, 0.4) is 0 Å². The number of aliphatic hydroxyl groups is 2. The normalized spacial score (nSPS) is 17.1. The number of aliphatic hydroxyl groups excluding tert-OH is 1. The van der Waals surface area contributed by atoms with Crippen molar-refractivity contribution in [3.8, 4) is 0 Å². The van der Waals surface area contributed by atoms with Gasteiger partial charge in [-0.2, -0.15) is 0 Å². The number of carbonyl (C=O) groups excluding carboxylic acids is 3. The van der Waals surface area contributed by atoms with Crippen LogP contribution < -0.4 is 10.6 Å². The Morgan fingerprint density at radius 2 is 1.74 bits per heavy atom. The van der Waals surface area contributed by atoms with E-state index in [0.29, 0.717) is 29.0 Å². The maximum absolute atomic E-state index is 12.9. The molecule has 0 bridgehead atoms. The summed E-state index contributed by atoms with van der Waals surface area (Å²) in [6.45, 7) is 2.12. The summed E-state index contributed by atoms with van der Waals surface area (Å²) in [6.07, 6.45) is 3.32. The average Bonchev–Trinajstić information content (AvgIpc) is 3.19. The SMILES string of the molecule is C[C@H](/C=C/CC(=O)N(CCO)Cc1ccccc1)[C@@]1(O)C(=O)Nc2ccc(NC(=O)c3ccccc3)cc21. The smallest absolute Gasteiger partial charge is 0.261 e. The highest BCUT2D eigenvalue weighted by Gasteiger charge is 2.48. The summed E-state index contributed by atoms with van der Waals surface area (Å²) in [4.78, 5) is 39.8. The van der Waals surface area contributed by atoms with Crippen molar-refractivity contribution in [1.29, 1.82) is 0 Å². The summed E-state index contributed by atoms with van der Waals surface area (Å²) in [5.74, 6) is -1.73. The first-order valence-electron chi connectivity index (χ1n) is 12.5. The first-order valence-corrected chi connectivity index (χ1v) is 12.5. The van der Waals surface area contributed by atoms with Gasteiger partial charge in [0.05, 0.1) is 6.61 Å². The number of nitrogens with zero attached hydrogens (tertiary/aromatic N) is 1. The fourth-order valence-corrected chi connectivity index (χ4v) is 4.49. The van der Waals surface area contributed by atoms with Gasteiger partial charge < -0.3 is 25.7 Å². The quantitative estimate of drug-likeness (QED) is 0.309. The van der Waals surface area contributed by atoms with Gasteiger partial charge in [0.1, 0.15) is 0 Å². The molecular formula is C30H31N3O5. The van der Waals surface area contributed by atoms with E-state index in [2.05, 4.69) is 10.6 Å². The minimum Gasteiger partial charge on any atom is -0.395 e. The molecule has 3 aromatic rings. The molecule has 8 nitrogen and oxygen atoms in total. The Balaban J connectivity index is 1.46. The highest BCUT2D eigenvalue weighted by atomic mass is 16.3. The molecule has 196 valence electrons. The van der Waals surface area contributed by atoms with E-state index >= 15 is 0 Å². The van der Waals surface area contributed by atoms with E-state index in [4.69, 9.17) is 0 Å². The molecule has 1 aliphatic rings. The number of fused-ring (bicyclic) bond motifs is 1. The number of benzene rings is 3. The number of amides is 3. The highest BCUT2D eigenvalue weighted by molar-refractivity contribution is 6.07. The first kappa shape index (κ1) is 26.8. The van der Waals surface area contributed by atoms with E-state index in [-0.39, 0.29) is 31.4 Å². The molecule has 4 rings (SSSR count). The fourth-order valence-electron chi connectivity index (χ4n) is 4.49. The van der Waals surface area contributed by atoms with Crippen LogP contribution in [0.1, 0.15) is 34.8 Å². The van der Waals surface area contributed by atoms with E-state index in [0.717, 1.165) is 5.56 Å². The van der Waals surface area contributed by atoms with Gasteiger partial charge in [0, 0.05) is 47.9 Å². The summed E-state index contributed by atoms with van der Waals surface area (Å²) in [6, 6.07) is 23.1. The van der Waals surface area contributed by atoms with Crippen LogP contribution in [-0.4, -0.2) is 46.0 Å². The Kier molecular flexibility index (Phi) is 8.35. The molecule has 1 aliphatic heterocycles. The average molecular weight is 514 g/mol. The van der Waals surface area contributed by atoms with E-state index in [1.54, 1.807) is 66.4 Å². The second-order valence-corrected chi connectivity index (χ2v) is 9.25. The molecule has 0 saturated carbocycles. The zero-order valence-corrected chi connectivity index (χ0v) is 21.1. The Labute approximate surface area is 221 Å². The lowest BCUT2D eigenvalue weighted by atomic mass is 9.82. The molecule has 0 saturated heterocycles. The van der Waals surface area contributed by atoms with Crippen LogP contribution in [0.5, 0.6) is 0 Å². The van der Waals surface area contributed by atoms with Gasteiger partial charge in [-0.25, -0.2) is 0 Å². The van der Waals surface area contributed by atoms with Crippen molar-refractivity contribution < 1.29 is 24.6 Å². The molecule has 8 heteroatoms. The zero-order valence-electron chi connectivity index (χ0n) is 21.1. The van der Waals surface area contributed by atoms with Crippen LogP contribution in [0, 0.1) is 5.92 Å². The molecule has 3 amide bonds. The lowest BCUT2D eigenvalue weighted by Crippen LogP contribution is -2.39. The monoisotopic (exact) mass is 513 g/mol. The largest absolute Gasteiger partial charge is 0.395 e. The number of carbonyl (C=O) groups is 3. The molecular weight excluding hydrogens is 482 g/mol. The number of hydrogen-bond acceptors (Lipinski definition) is 5. The van der Waals surface area contributed by atoms with Crippen molar-refractivity contribution in [2.24, 2.45) is 5.92 Å². The van der Waals surface area contributed by atoms with Gasteiger partial charge in [0.15, 0.2) is 5.60 Å². The van der Waals surface area contributed by atoms with Gasteiger partial charge in [0.2, 0.25) is 5.91 Å². The van der Waals surface area contributed by atoms with Gasteiger partial charge >= 0.3 is 0 Å². The number of nitrogens with one attached hydrogen (secondary N) is 2. The maximum atomic E-state index is 12.9. The molecule has 3 aromatic carbocycles. The number of anilines is 2. The number of rotatable bonds is 10. The summed E-state index contributed by atoms with van der Waals surface area (Å²) in [5, 5.41) is 26.4. The fraction of sp³-hybridized carbons (Fsp3) is 0.233. The van der Waals surface area contributed by atoms with Gasteiger partial charge in [0.25, 0.3) is 11.8 Å². The van der Waals surface area contributed by atoms with Crippen molar-refractivity contribution in [3.63, 3.8) is 0 Å². The summed E-state index contributed by atoms with van der Waals surface area (Å²) in [7, 11) is 0. The van der Waals surface area contributed by atoms with E-state index < -0.39 is 17.4 Å². The minimum absolute atomic E-state index is 0.0505. The van der Waals surface area contributed by atoms with Gasteiger partial charge in [-0.1, -0.05) is 67.6 Å². The molecule has 38 heavy (non-hydrogen) atoms. The van der Waals surface area contributed by atoms with Crippen LogP contribution >= 0.6 is 0 Å². The molecule has 4 N–H and O–H groups in total. The standard InChI is InChI=1S/C30H31N3O5/c1-21(9-8-14-27(35)33(17-18-34)20-22-10-4-2-5-11-22)30(38)25-19-24(15-16-26(25)32-29(30)37)31-28(36)23-12-6-3-7-13-23/h2-13,15-16,19,21,34,38H,14,17-18,20H2,1H3,(H,31,36)(H,32,37)/b9-8+/t21-,30+/m1/s1. The number of hydrogen-bond donors (Lipinski definition) is 4. The molecule has 0 unspecified atom stereocenters. The lowest BCUT2D eigenvalue weighted by Gasteiger charge is -2.26. The molecule has 1 heterocycles. The van der Waals surface area contributed by atoms with E-state index in [9.17, 15) is 24.6 Å². The topological polar surface area (TPSA) is 119 Å². The molecule has 0 fully saturated rings. The lowest BCUT2D eigenvalue weighted by molar-refractivity contribution is -0.137. The van der Waals surface area contributed by atoms with Crippen molar-refractivity contribution in [2.75, 3.05) is 23.8 Å². The van der Waals surface area contributed by atoms with Crippen LogP contribution in [-0.2, 0) is 21.7 Å². The van der Waals surface area contributed by atoms with Crippen molar-refractivity contribution >= 4 is 29.1 Å². The van der Waals surface area contributed by atoms with Crippen LogP contribution in [0.15, 0.2) is 91.0 Å². The Bertz CT molecular complexity index is 1330. The maximum Gasteiger partial charge on any atom is 0.261 e. The second-order valence-electron chi connectivity index (χ2n) is 9.25. The van der Waals surface area contributed by atoms with Gasteiger partial charge in [-0.3, -0.25) is 14.4 Å². The molecule has 0 radical (unpaired) electrons. The van der Waals surface area contributed by atoms with E-state index in [1.165, 1.54) is 0 Å². The third-order valence-corrected chi connectivity index (χ3v) is 6.63.